The standard InChI is InChI=1S/C16H17BrO3S/c1-19-16(18)14-7-10-21-15(14)12-5-4-6-13(11-12)20-9-3-2-8-17/h4-7,10-11H,2-3,8-9H2,1H3. The van der Waals surface area contributed by atoms with E-state index in [-0.39, 0.29) is 5.97 Å². The van der Waals surface area contributed by atoms with Crippen molar-refractivity contribution >= 4 is 33.2 Å². The number of thiophene rings is 1. The first-order chi connectivity index (χ1) is 10.3. The molecule has 0 aliphatic rings. The van der Waals surface area contributed by atoms with E-state index in [1.807, 2.05) is 29.6 Å². The monoisotopic (exact) mass is 368 g/mol. The van der Waals surface area contributed by atoms with E-state index < -0.39 is 0 Å². The topological polar surface area (TPSA) is 35.5 Å². The molecule has 2 aromatic rings. The van der Waals surface area contributed by atoms with Crippen molar-refractivity contribution in [1.82, 2.24) is 0 Å². The number of unbranched alkanes of at least 4 members (excludes halogenated alkanes) is 1. The lowest BCUT2D eigenvalue weighted by molar-refractivity contribution is 0.0602. The predicted octanol–water partition coefficient (Wildman–Crippen LogP) is 4.76. The molecule has 0 fully saturated rings. The van der Waals surface area contributed by atoms with Crippen LogP contribution in [0, 0.1) is 0 Å². The number of rotatable bonds is 7. The molecule has 0 amide bonds. The Bertz CT molecular complexity index is 595. The van der Waals surface area contributed by atoms with Crippen molar-refractivity contribution in [3.63, 3.8) is 0 Å². The molecule has 0 bridgehead atoms. The number of carbonyl (C=O) groups is 1. The van der Waals surface area contributed by atoms with E-state index >= 15 is 0 Å². The van der Waals surface area contributed by atoms with E-state index in [0.29, 0.717) is 12.2 Å². The van der Waals surface area contributed by atoms with Crippen molar-refractivity contribution in [3.8, 4) is 16.2 Å². The quantitative estimate of drug-likeness (QED) is 0.401. The molecule has 0 atom stereocenters. The van der Waals surface area contributed by atoms with E-state index in [1.165, 1.54) is 18.4 Å². The zero-order valence-electron chi connectivity index (χ0n) is 11.8. The van der Waals surface area contributed by atoms with E-state index in [9.17, 15) is 4.79 Å². The lowest BCUT2D eigenvalue weighted by Crippen LogP contribution is -2.01. The number of halogens is 1. The maximum absolute atomic E-state index is 11.7. The third kappa shape index (κ3) is 4.32. The molecule has 1 aromatic carbocycles. The summed E-state index contributed by atoms with van der Waals surface area (Å²) in [7, 11) is 1.40. The number of esters is 1. The first-order valence-corrected chi connectivity index (χ1v) is 8.71. The van der Waals surface area contributed by atoms with Crippen molar-refractivity contribution in [2.45, 2.75) is 12.8 Å². The normalized spacial score (nSPS) is 10.4. The molecule has 0 saturated carbocycles. The first-order valence-electron chi connectivity index (χ1n) is 6.71. The van der Waals surface area contributed by atoms with Crippen molar-refractivity contribution in [2.24, 2.45) is 0 Å². The molecular weight excluding hydrogens is 352 g/mol. The lowest BCUT2D eigenvalue weighted by Gasteiger charge is -2.08. The van der Waals surface area contributed by atoms with Crippen LogP contribution in [0.5, 0.6) is 5.75 Å². The molecule has 0 aliphatic carbocycles. The molecular formula is C16H17BrO3S. The predicted molar refractivity (Wildman–Crippen MR) is 89.6 cm³/mol. The minimum atomic E-state index is -0.310. The second kappa shape index (κ2) is 8.20. The molecule has 1 aromatic heterocycles. The van der Waals surface area contributed by atoms with Crippen LogP contribution in [-0.4, -0.2) is 25.0 Å². The fourth-order valence-corrected chi connectivity index (χ4v) is 3.20. The molecule has 112 valence electrons. The van der Waals surface area contributed by atoms with Crippen LogP contribution >= 0.6 is 27.3 Å². The van der Waals surface area contributed by atoms with Gasteiger partial charge in [-0.2, -0.15) is 0 Å². The number of hydrogen-bond donors (Lipinski definition) is 0. The van der Waals surface area contributed by atoms with Crippen LogP contribution in [0.4, 0.5) is 0 Å². The summed E-state index contributed by atoms with van der Waals surface area (Å²) >= 11 is 4.93. The molecule has 1 heterocycles. The molecule has 2 rings (SSSR count). The van der Waals surface area contributed by atoms with E-state index in [4.69, 9.17) is 9.47 Å². The summed E-state index contributed by atoms with van der Waals surface area (Å²) in [5.41, 5.74) is 1.57. The van der Waals surface area contributed by atoms with Crippen molar-refractivity contribution in [3.05, 3.63) is 41.3 Å². The minimum Gasteiger partial charge on any atom is -0.494 e. The Hall–Kier alpha value is -1.33. The largest absolute Gasteiger partial charge is 0.494 e. The Morgan fingerprint density at radius 3 is 2.90 bits per heavy atom. The van der Waals surface area contributed by atoms with E-state index in [1.54, 1.807) is 6.07 Å². The van der Waals surface area contributed by atoms with Crippen LogP contribution < -0.4 is 4.74 Å². The van der Waals surface area contributed by atoms with Gasteiger partial charge in [0.1, 0.15) is 5.75 Å². The van der Waals surface area contributed by atoms with Gasteiger partial charge in [0.2, 0.25) is 0 Å². The van der Waals surface area contributed by atoms with Crippen molar-refractivity contribution in [1.29, 1.82) is 0 Å². The SMILES string of the molecule is COC(=O)c1ccsc1-c1cccc(OCCCCBr)c1. The summed E-state index contributed by atoms with van der Waals surface area (Å²) in [6.07, 6.45) is 2.11. The highest BCUT2D eigenvalue weighted by molar-refractivity contribution is 9.09. The average Bonchev–Trinajstić information content (AvgIpc) is 3.01. The van der Waals surface area contributed by atoms with Gasteiger partial charge in [0, 0.05) is 10.2 Å². The number of methoxy groups -OCH3 is 1. The maximum atomic E-state index is 11.7. The van der Waals surface area contributed by atoms with Crippen molar-refractivity contribution in [2.75, 3.05) is 19.0 Å². The summed E-state index contributed by atoms with van der Waals surface area (Å²) in [5.74, 6) is 0.515. The Morgan fingerprint density at radius 2 is 2.14 bits per heavy atom. The molecule has 0 spiro atoms. The number of hydrogen-bond acceptors (Lipinski definition) is 4. The third-order valence-corrected chi connectivity index (χ3v) is 4.49. The summed E-state index contributed by atoms with van der Waals surface area (Å²) in [4.78, 5) is 12.7. The van der Waals surface area contributed by atoms with Gasteiger partial charge in [0.05, 0.1) is 19.3 Å². The van der Waals surface area contributed by atoms with Gasteiger partial charge in [-0.3, -0.25) is 0 Å². The third-order valence-electron chi connectivity index (χ3n) is 2.96. The van der Waals surface area contributed by atoms with Gasteiger partial charge in [0.25, 0.3) is 0 Å². The van der Waals surface area contributed by atoms with Gasteiger partial charge in [-0.25, -0.2) is 4.79 Å². The maximum Gasteiger partial charge on any atom is 0.339 e. The minimum absolute atomic E-state index is 0.310. The summed E-state index contributed by atoms with van der Waals surface area (Å²) in [5, 5.41) is 2.89. The van der Waals surface area contributed by atoms with Crippen LogP contribution in [0.1, 0.15) is 23.2 Å². The van der Waals surface area contributed by atoms with Crippen LogP contribution in [0.2, 0.25) is 0 Å². The fraction of sp³-hybridized carbons (Fsp3) is 0.312. The van der Waals surface area contributed by atoms with Gasteiger partial charge >= 0.3 is 5.97 Å². The molecule has 3 nitrogen and oxygen atoms in total. The number of ether oxygens (including phenoxy) is 2. The lowest BCUT2D eigenvalue weighted by atomic mass is 10.1. The highest BCUT2D eigenvalue weighted by atomic mass is 79.9. The Kier molecular flexibility index (Phi) is 6.26. The van der Waals surface area contributed by atoms with Crippen LogP contribution in [0.3, 0.4) is 0 Å². The number of alkyl halides is 1. The zero-order chi connectivity index (χ0) is 15.1. The summed E-state index contributed by atoms with van der Waals surface area (Å²) in [6, 6.07) is 9.60. The van der Waals surface area contributed by atoms with E-state index in [2.05, 4.69) is 15.9 Å². The van der Waals surface area contributed by atoms with Gasteiger partial charge in [-0.1, -0.05) is 28.1 Å². The van der Waals surface area contributed by atoms with Gasteiger partial charge in [0.15, 0.2) is 0 Å². The van der Waals surface area contributed by atoms with Gasteiger partial charge in [-0.15, -0.1) is 11.3 Å². The van der Waals surface area contributed by atoms with Crippen LogP contribution in [-0.2, 0) is 4.74 Å². The molecule has 0 N–H and O–H groups in total. The molecule has 0 radical (unpaired) electrons. The zero-order valence-corrected chi connectivity index (χ0v) is 14.2. The Labute approximate surface area is 137 Å². The van der Waals surface area contributed by atoms with Gasteiger partial charge < -0.3 is 9.47 Å². The molecule has 0 saturated heterocycles. The molecule has 21 heavy (non-hydrogen) atoms. The van der Waals surface area contributed by atoms with Crippen LogP contribution in [0.25, 0.3) is 10.4 Å². The molecule has 0 aliphatic heterocycles. The Morgan fingerprint density at radius 1 is 1.29 bits per heavy atom. The molecule has 0 unspecified atom stereocenters. The number of carbonyl (C=O) groups excluding carboxylic acids is 1. The van der Waals surface area contributed by atoms with Crippen LogP contribution in [0.15, 0.2) is 35.7 Å². The second-order valence-corrected chi connectivity index (χ2v) is 6.14. The fourth-order valence-electron chi connectivity index (χ4n) is 1.92. The van der Waals surface area contributed by atoms with Gasteiger partial charge in [-0.05, 0) is 42.0 Å². The van der Waals surface area contributed by atoms with Crippen molar-refractivity contribution < 1.29 is 14.3 Å². The highest BCUT2D eigenvalue weighted by Crippen LogP contribution is 2.32. The summed E-state index contributed by atoms with van der Waals surface area (Å²) < 4.78 is 10.6. The second-order valence-electron chi connectivity index (χ2n) is 4.43. The smallest absolute Gasteiger partial charge is 0.339 e. The Balaban J connectivity index is 2.14. The highest BCUT2D eigenvalue weighted by Gasteiger charge is 2.15. The number of benzene rings is 1. The summed E-state index contributed by atoms with van der Waals surface area (Å²) in [6.45, 7) is 0.698. The first kappa shape index (κ1) is 16.0. The molecule has 5 heteroatoms. The average molecular weight is 369 g/mol. The van der Waals surface area contributed by atoms with E-state index in [0.717, 1.165) is 34.4 Å².